The van der Waals surface area contributed by atoms with E-state index in [2.05, 4.69) is 31.5 Å². The largest absolute Gasteiger partial charge is 0.419 e. The van der Waals surface area contributed by atoms with Crippen molar-refractivity contribution in [3.63, 3.8) is 0 Å². The van der Waals surface area contributed by atoms with Gasteiger partial charge in [0.1, 0.15) is 35.2 Å². The van der Waals surface area contributed by atoms with E-state index in [1.165, 1.54) is 12.3 Å². The number of alkyl halides is 3. The second-order valence-corrected chi connectivity index (χ2v) is 10.2. The summed E-state index contributed by atoms with van der Waals surface area (Å²) in [6, 6.07) is 0.0684. The fourth-order valence-corrected chi connectivity index (χ4v) is 2.80. The van der Waals surface area contributed by atoms with Crippen molar-refractivity contribution in [3.05, 3.63) is 35.4 Å². The Morgan fingerprint density at radius 1 is 1.17 bits per heavy atom. The van der Waals surface area contributed by atoms with Crippen LogP contribution in [0, 0.1) is 10.8 Å². The molecule has 1 aliphatic carbocycles. The van der Waals surface area contributed by atoms with Crippen molar-refractivity contribution in [2.45, 2.75) is 76.4 Å². The number of amidine groups is 1. The summed E-state index contributed by atoms with van der Waals surface area (Å²) in [4.78, 5) is 4.07. The third kappa shape index (κ3) is 12.2. The minimum Gasteiger partial charge on any atom is -0.389 e. The van der Waals surface area contributed by atoms with Gasteiger partial charge in [-0.15, -0.1) is 0 Å². The Bertz CT molecular complexity index is 928. The number of hydrogen-bond acceptors (Lipinski definition) is 7. The number of halogens is 3. The first-order chi connectivity index (χ1) is 16.6. The molecule has 1 fully saturated rings. The summed E-state index contributed by atoms with van der Waals surface area (Å²) >= 11 is 0. The van der Waals surface area contributed by atoms with E-state index in [1.807, 2.05) is 30.5 Å². The molecule has 0 amide bonds. The molecule has 14 heteroatoms. The van der Waals surface area contributed by atoms with Gasteiger partial charge in [0.15, 0.2) is 0 Å². The van der Waals surface area contributed by atoms with Gasteiger partial charge in [0, 0.05) is 30.2 Å². The zero-order valence-electron chi connectivity index (χ0n) is 22.3. The first kappa shape index (κ1) is 31.1. The molecule has 0 aromatic rings. The predicted molar refractivity (Wildman–Crippen MR) is 151 cm³/mol. The SMILES string of the molecule is BC(B)(B)N/C(=C\C(=N)C(C)(C)N/N=C\C=N)N/C(C)=N/C=C(\C(=C\CCC)NC1CC1)C(F)(F)F. The second-order valence-electron chi connectivity index (χ2n) is 10.2. The van der Waals surface area contributed by atoms with Gasteiger partial charge in [0.2, 0.25) is 0 Å². The molecule has 0 atom stereocenters. The van der Waals surface area contributed by atoms with E-state index in [1.54, 1.807) is 26.8 Å². The van der Waals surface area contributed by atoms with Gasteiger partial charge in [0.25, 0.3) is 0 Å². The summed E-state index contributed by atoms with van der Waals surface area (Å²) < 4.78 is 41.7. The van der Waals surface area contributed by atoms with Crippen LogP contribution in [0.4, 0.5) is 13.2 Å². The molecule has 0 aliphatic heterocycles. The van der Waals surface area contributed by atoms with Crippen LogP contribution in [0.1, 0.15) is 53.4 Å². The maximum absolute atomic E-state index is 13.9. The number of hydrogen-bond donors (Lipinski definition) is 6. The molecule has 0 heterocycles. The van der Waals surface area contributed by atoms with Crippen molar-refractivity contribution >= 4 is 47.5 Å². The normalized spacial score (nSPS) is 16.6. The molecule has 0 unspecified atom stereocenters. The first-order valence-corrected chi connectivity index (χ1v) is 12.0. The smallest absolute Gasteiger partial charge is 0.389 e. The van der Waals surface area contributed by atoms with Crippen molar-refractivity contribution in [1.82, 2.24) is 21.4 Å². The van der Waals surface area contributed by atoms with E-state index in [0.29, 0.717) is 12.2 Å². The lowest BCUT2D eigenvalue weighted by molar-refractivity contribution is -0.0900. The number of unbranched alkanes of at least 4 members (excludes halogenated alkanes) is 1. The zero-order valence-corrected chi connectivity index (χ0v) is 22.3. The highest BCUT2D eigenvalue weighted by molar-refractivity contribution is 6.59. The highest BCUT2D eigenvalue weighted by atomic mass is 19.4. The predicted octanol–water partition coefficient (Wildman–Crippen LogP) is 0.842. The maximum atomic E-state index is 13.9. The van der Waals surface area contributed by atoms with Gasteiger partial charge < -0.3 is 26.8 Å². The molecule has 8 nitrogen and oxygen atoms in total. The average Bonchev–Trinajstić information content (AvgIpc) is 3.53. The summed E-state index contributed by atoms with van der Waals surface area (Å²) in [5.41, 5.74) is 1.33. The number of hydrazone groups is 1. The summed E-state index contributed by atoms with van der Waals surface area (Å²) in [5, 5.41) is 28.2. The van der Waals surface area contributed by atoms with Crippen LogP contribution in [0.3, 0.4) is 0 Å². The highest BCUT2D eigenvalue weighted by Gasteiger charge is 2.38. The minimum atomic E-state index is -4.57. The first-order valence-electron chi connectivity index (χ1n) is 12.0. The lowest BCUT2D eigenvalue weighted by Crippen LogP contribution is -2.51. The molecule has 0 aromatic carbocycles. The van der Waals surface area contributed by atoms with Crippen molar-refractivity contribution in [2.75, 3.05) is 0 Å². The Morgan fingerprint density at radius 2 is 1.81 bits per heavy atom. The standard InChI is InChI=1S/C22H38B3F3N8/c1-5-6-7-17(34-15-8-9-15)16(21(26,27)28)13-31-14(2)33-19(35-22(23,24)25)12-18(30)20(3,4)36-32-11-10-29/h7,10-13,15,29-30,34-36H,5-6,8-9,23-25H2,1-4H3,(H,31,33)/b16-13+,17-7-,19-12-,29-10?,30-18?,32-11-. The van der Waals surface area contributed by atoms with E-state index in [0.717, 1.165) is 31.7 Å². The third-order valence-corrected chi connectivity index (χ3v) is 4.84. The number of nitrogens with one attached hydrogen (secondary N) is 6. The Kier molecular flexibility index (Phi) is 11.6. The van der Waals surface area contributed by atoms with Crippen molar-refractivity contribution in [1.29, 1.82) is 10.8 Å². The lowest BCUT2D eigenvalue weighted by atomic mass is 9.49. The number of rotatable bonds is 14. The van der Waals surface area contributed by atoms with Crippen LogP contribution in [-0.2, 0) is 0 Å². The van der Waals surface area contributed by atoms with Gasteiger partial charge in [-0.3, -0.25) is 5.43 Å². The van der Waals surface area contributed by atoms with Gasteiger partial charge in [-0.25, -0.2) is 4.99 Å². The Labute approximate surface area is 215 Å². The van der Waals surface area contributed by atoms with E-state index in [4.69, 9.17) is 10.8 Å². The molecule has 0 aromatic heterocycles. The zero-order chi connectivity index (χ0) is 27.6. The van der Waals surface area contributed by atoms with Crippen molar-refractivity contribution in [3.8, 4) is 0 Å². The Morgan fingerprint density at radius 3 is 2.31 bits per heavy atom. The fraction of sp³-hybridized carbons (Fsp3) is 0.545. The fourth-order valence-electron chi connectivity index (χ4n) is 2.80. The van der Waals surface area contributed by atoms with Crippen LogP contribution in [0.5, 0.6) is 0 Å². The van der Waals surface area contributed by atoms with Crippen LogP contribution >= 0.6 is 0 Å². The summed E-state index contributed by atoms with van der Waals surface area (Å²) in [6.45, 7) is 6.98. The third-order valence-electron chi connectivity index (χ3n) is 4.84. The molecule has 36 heavy (non-hydrogen) atoms. The van der Waals surface area contributed by atoms with Crippen LogP contribution in [0.15, 0.2) is 45.5 Å². The molecular formula is C22H38B3F3N8. The van der Waals surface area contributed by atoms with Crippen molar-refractivity contribution < 1.29 is 13.2 Å². The summed E-state index contributed by atoms with van der Waals surface area (Å²) in [7, 11) is 5.77. The summed E-state index contributed by atoms with van der Waals surface area (Å²) in [6.07, 6.45) is 4.65. The van der Waals surface area contributed by atoms with Crippen LogP contribution in [0.2, 0.25) is 0 Å². The molecule has 0 spiro atoms. The molecule has 1 rings (SSSR count). The van der Waals surface area contributed by atoms with Crippen LogP contribution in [0.25, 0.3) is 0 Å². The Hall–Kier alpha value is -2.92. The van der Waals surface area contributed by atoms with Gasteiger partial charge in [-0.05, 0) is 45.3 Å². The minimum absolute atomic E-state index is 0.0621. The number of aliphatic imine (C=N–C) groups is 1. The molecule has 1 aliphatic rings. The van der Waals surface area contributed by atoms with Gasteiger partial charge >= 0.3 is 6.18 Å². The molecule has 6 N–H and O–H groups in total. The van der Waals surface area contributed by atoms with Gasteiger partial charge in [-0.1, -0.05) is 19.4 Å². The maximum Gasteiger partial charge on any atom is 0.419 e. The lowest BCUT2D eigenvalue weighted by Gasteiger charge is -2.28. The van der Waals surface area contributed by atoms with E-state index < -0.39 is 22.5 Å². The highest BCUT2D eigenvalue weighted by Crippen LogP contribution is 2.33. The van der Waals surface area contributed by atoms with Gasteiger partial charge in [-0.2, -0.15) is 18.3 Å². The van der Waals surface area contributed by atoms with Crippen LogP contribution < -0.4 is 21.4 Å². The van der Waals surface area contributed by atoms with E-state index in [9.17, 15) is 13.2 Å². The molecule has 0 saturated heterocycles. The average molecular weight is 504 g/mol. The summed E-state index contributed by atoms with van der Waals surface area (Å²) in [5.74, 6) is 0.626. The molecule has 0 bridgehead atoms. The molecule has 196 valence electrons. The topological polar surface area (TPSA) is 121 Å². The van der Waals surface area contributed by atoms with Crippen molar-refractivity contribution in [2.24, 2.45) is 10.1 Å². The number of nitrogens with zero attached hydrogens (tertiary/aromatic N) is 2. The molecular weight excluding hydrogens is 466 g/mol. The van der Waals surface area contributed by atoms with E-state index in [-0.39, 0.29) is 23.3 Å². The second kappa shape index (κ2) is 13.4. The number of allylic oxidation sites excluding steroid dienone is 2. The Balaban J connectivity index is 3.26. The van der Waals surface area contributed by atoms with E-state index >= 15 is 0 Å². The molecule has 1 saturated carbocycles. The molecule has 0 radical (unpaired) electrons. The van der Waals surface area contributed by atoms with Gasteiger partial charge in [0.05, 0.1) is 23.0 Å². The monoisotopic (exact) mass is 504 g/mol. The van der Waals surface area contributed by atoms with Crippen LogP contribution in [-0.4, -0.2) is 70.5 Å². The quantitative estimate of drug-likeness (QED) is 0.0691.